The van der Waals surface area contributed by atoms with Crippen LogP contribution in [0.2, 0.25) is 0 Å². The molecule has 0 rings (SSSR count). The molecule has 8 heavy (non-hydrogen) atoms. The monoisotopic (exact) mass is 156 g/mol. The van der Waals surface area contributed by atoms with Gasteiger partial charge in [0.05, 0.1) is 5.75 Å². The Bertz CT molecular complexity index is 137. The Morgan fingerprint density at radius 1 is 1.50 bits per heavy atom. The first kappa shape index (κ1) is 8.26. The SMILES string of the molecule is O=S(=O)(O)CCCS. The van der Waals surface area contributed by atoms with Gasteiger partial charge in [-0.3, -0.25) is 4.55 Å². The predicted molar refractivity (Wildman–Crippen MR) is 34.9 cm³/mol. The van der Waals surface area contributed by atoms with E-state index in [0.29, 0.717) is 12.2 Å². The van der Waals surface area contributed by atoms with E-state index in [1.165, 1.54) is 0 Å². The van der Waals surface area contributed by atoms with Gasteiger partial charge in [0.1, 0.15) is 0 Å². The zero-order chi connectivity index (χ0) is 6.62. The summed E-state index contributed by atoms with van der Waals surface area (Å²) in [4.78, 5) is 0. The second-order valence-corrected chi connectivity index (χ2v) is 3.38. The van der Waals surface area contributed by atoms with Crippen LogP contribution in [0.15, 0.2) is 0 Å². The molecule has 0 radical (unpaired) electrons. The van der Waals surface area contributed by atoms with Crippen LogP contribution in [0.1, 0.15) is 6.42 Å². The molecule has 5 heteroatoms. The molecule has 0 amide bonds. The van der Waals surface area contributed by atoms with Crippen molar-refractivity contribution in [3.8, 4) is 0 Å². The number of hydrogen-bond acceptors (Lipinski definition) is 3. The molecule has 3 nitrogen and oxygen atoms in total. The quantitative estimate of drug-likeness (QED) is 0.453. The van der Waals surface area contributed by atoms with Crippen LogP contribution < -0.4 is 0 Å². The largest absolute Gasteiger partial charge is 0.286 e. The average Bonchev–Trinajstić information content (AvgIpc) is 1.59. The van der Waals surface area contributed by atoms with E-state index in [0.717, 1.165) is 0 Å². The number of thiol groups is 1. The molecule has 0 saturated heterocycles. The molecule has 50 valence electrons. The van der Waals surface area contributed by atoms with Crippen LogP contribution >= 0.6 is 12.6 Å². The third-order valence-corrected chi connectivity index (χ3v) is 1.68. The number of hydrogen-bond donors (Lipinski definition) is 2. The summed E-state index contributed by atoms with van der Waals surface area (Å²) in [7, 11) is -3.74. The molecule has 0 aromatic carbocycles. The molecule has 0 aliphatic carbocycles. The minimum Gasteiger partial charge on any atom is -0.286 e. The minimum atomic E-state index is -3.74. The summed E-state index contributed by atoms with van der Waals surface area (Å²) in [5.74, 6) is 0.302. The van der Waals surface area contributed by atoms with Crippen molar-refractivity contribution in [3.05, 3.63) is 0 Å². The van der Waals surface area contributed by atoms with Crippen molar-refractivity contribution in [1.82, 2.24) is 0 Å². The minimum absolute atomic E-state index is 0.184. The standard InChI is InChI=1S/C3H8O3S2/c4-8(5,6)3-1-2-7/h7H,1-3H2,(H,4,5,6). The Morgan fingerprint density at radius 3 is 2.12 bits per heavy atom. The van der Waals surface area contributed by atoms with E-state index in [-0.39, 0.29) is 5.75 Å². The molecule has 0 fully saturated rings. The molecule has 0 heterocycles. The van der Waals surface area contributed by atoms with Gasteiger partial charge in [-0.15, -0.1) is 0 Å². The molecule has 0 aromatic heterocycles. The van der Waals surface area contributed by atoms with Crippen LogP contribution in [0.25, 0.3) is 0 Å². The van der Waals surface area contributed by atoms with E-state index >= 15 is 0 Å². The van der Waals surface area contributed by atoms with Gasteiger partial charge in [-0.1, -0.05) is 0 Å². The van der Waals surface area contributed by atoms with Gasteiger partial charge < -0.3 is 0 Å². The van der Waals surface area contributed by atoms with Crippen molar-refractivity contribution in [2.24, 2.45) is 0 Å². The van der Waals surface area contributed by atoms with Crippen molar-refractivity contribution in [2.45, 2.75) is 6.42 Å². The highest BCUT2D eigenvalue weighted by atomic mass is 32.2. The van der Waals surface area contributed by atoms with Crippen LogP contribution in [0.4, 0.5) is 0 Å². The van der Waals surface area contributed by atoms with Crippen LogP contribution in [-0.2, 0) is 10.1 Å². The summed E-state index contributed by atoms with van der Waals surface area (Å²) >= 11 is 3.76. The van der Waals surface area contributed by atoms with Gasteiger partial charge in [-0.25, -0.2) is 0 Å². The van der Waals surface area contributed by atoms with Gasteiger partial charge in [0.25, 0.3) is 10.1 Å². The van der Waals surface area contributed by atoms with Crippen LogP contribution in [0, 0.1) is 0 Å². The van der Waals surface area contributed by atoms with Crippen molar-refractivity contribution in [1.29, 1.82) is 0 Å². The molecule has 0 spiro atoms. The molecule has 0 saturated carbocycles. The summed E-state index contributed by atoms with van der Waals surface area (Å²) in [5.41, 5.74) is 0. The van der Waals surface area contributed by atoms with Crippen molar-refractivity contribution >= 4 is 22.7 Å². The second-order valence-electron chi connectivity index (χ2n) is 1.36. The van der Waals surface area contributed by atoms with Crippen LogP contribution in [-0.4, -0.2) is 24.5 Å². The zero-order valence-electron chi connectivity index (χ0n) is 4.24. The first-order valence-corrected chi connectivity index (χ1v) is 4.36. The third-order valence-electron chi connectivity index (χ3n) is 0.560. The van der Waals surface area contributed by atoms with Gasteiger partial charge in [-0.05, 0) is 12.2 Å². The Labute approximate surface area is 54.3 Å². The van der Waals surface area contributed by atoms with E-state index in [1.807, 2.05) is 0 Å². The Morgan fingerprint density at radius 2 is 2.00 bits per heavy atom. The van der Waals surface area contributed by atoms with Gasteiger partial charge in [0, 0.05) is 0 Å². The highest BCUT2D eigenvalue weighted by Crippen LogP contribution is 1.88. The van der Waals surface area contributed by atoms with Gasteiger partial charge in [-0.2, -0.15) is 21.0 Å². The Hall–Kier alpha value is 0.260. The third kappa shape index (κ3) is 6.26. The maximum atomic E-state index is 9.91. The molecule has 0 bridgehead atoms. The summed E-state index contributed by atoms with van der Waals surface area (Å²) < 4.78 is 27.9. The van der Waals surface area contributed by atoms with Crippen LogP contribution in [0.5, 0.6) is 0 Å². The van der Waals surface area contributed by atoms with E-state index in [4.69, 9.17) is 4.55 Å². The van der Waals surface area contributed by atoms with Gasteiger partial charge >= 0.3 is 0 Å². The lowest BCUT2D eigenvalue weighted by molar-refractivity contribution is 0.482. The smallest absolute Gasteiger partial charge is 0.264 e. The van der Waals surface area contributed by atoms with E-state index in [1.54, 1.807) is 0 Å². The van der Waals surface area contributed by atoms with E-state index in [2.05, 4.69) is 12.6 Å². The predicted octanol–water partition coefficient (Wildman–Crippen LogP) is 0.194. The lowest BCUT2D eigenvalue weighted by Gasteiger charge is -1.89. The Kier molecular flexibility index (Phi) is 3.43. The fourth-order valence-corrected chi connectivity index (χ4v) is 1.13. The molecule has 0 aliphatic heterocycles. The molecule has 0 unspecified atom stereocenters. The molecule has 0 aromatic rings. The summed E-state index contributed by atoms with van der Waals surface area (Å²) in [5, 5.41) is 0. The van der Waals surface area contributed by atoms with Gasteiger partial charge in [0.15, 0.2) is 0 Å². The summed E-state index contributed by atoms with van der Waals surface area (Å²) in [6.45, 7) is 0. The first-order valence-electron chi connectivity index (χ1n) is 2.12. The molecular formula is C3H8O3S2. The average molecular weight is 156 g/mol. The van der Waals surface area contributed by atoms with Gasteiger partial charge in [0.2, 0.25) is 0 Å². The van der Waals surface area contributed by atoms with Crippen molar-refractivity contribution in [3.63, 3.8) is 0 Å². The van der Waals surface area contributed by atoms with Crippen LogP contribution in [0.3, 0.4) is 0 Å². The topological polar surface area (TPSA) is 54.4 Å². The first-order chi connectivity index (χ1) is 3.56. The van der Waals surface area contributed by atoms with Crippen molar-refractivity contribution in [2.75, 3.05) is 11.5 Å². The Balaban J connectivity index is 3.42. The van der Waals surface area contributed by atoms with Crippen molar-refractivity contribution < 1.29 is 13.0 Å². The lowest BCUT2D eigenvalue weighted by atomic mass is 10.6. The highest BCUT2D eigenvalue weighted by Gasteiger charge is 2.00. The molecule has 0 aliphatic rings. The lowest BCUT2D eigenvalue weighted by Crippen LogP contribution is -2.03. The zero-order valence-corrected chi connectivity index (χ0v) is 5.95. The summed E-state index contributed by atoms with van der Waals surface area (Å²) in [6, 6.07) is 0. The summed E-state index contributed by atoms with van der Waals surface area (Å²) in [6.07, 6.45) is 0.405. The highest BCUT2D eigenvalue weighted by molar-refractivity contribution is 7.85. The molecule has 1 N–H and O–H groups in total. The van der Waals surface area contributed by atoms with E-state index < -0.39 is 10.1 Å². The fraction of sp³-hybridized carbons (Fsp3) is 1.00. The fourth-order valence-electron chi connectivity index (χ4n) is 0.247. The molecular weight excluding hydrogens is 148 g/mol. The van der Waals surface area contributed by atoms with E-state index in [9.17, 15) is 8.42 Å². The maximum absolute atomic E-state index is 9.91. The number of rotatable bonds is 3. The second kappa shape index (κ2) is 3.32. The molecule has 0 atom stereocenters. The normalized spacial score (nSPS) is 11.8. The maximum Gasteiger partial charge on any atom is 0.264 e.